The van der Waals surface area contributed by atoms with Gasteiger partial charge in [0.05, 0.1) is 0 Å². The van der Waals surface area contributed by atoms with Crippen LogP contribution in [0.4, 0.5) is 13.2 Å². The van der Waals surface area contributed by atoms with Crippen molar-refractivity contribution in [1.29, 1.82) is 4.78 Å². The second-order valence-electron chi connectivity index (χ2n) is 0.921. The minimum atomic E-state index is -5.84. The summed E-state index contributed by atoms with van der Waals surface area (Å²) in [5.74, 6) is 0. The van der Waals surface area contributed by atoms with E-state index in [4.69, 9.17) is 17.8 Å². The van der Waals surface area contributed by atoms with Crippen molar-refractivity contribution in [3.8, 4) is 0 Å². The second kappa shape index (κ2) is 5.38. The lowest BCUT2D eigenvalue weighted by molar-refractivity contribution is -0.0510. The Hall–Kier alpha value is -0.280. The largest absolute Gasteiger partial charge is 0.522 e. The molecule has 0 radical (unpaired) electrons. The lowest BCUT2D eigenvalue weighted by Gasteiger charge is -1.97. The van der Waals surface area contributed by atoms with Gasteiger partial charge >= 0.3 is 15.6 Å². The van der Waals surface area contributed by atoms with Crippen LogP contribution in [0, 0.1) is 4.78 Å². The van der Waals surface area contributed by atoms with Gasteiger partial charge in [0.2, 0.25) is 0 Å². The van der Waals surface area contributed by atoms with Crippen LogP contribution in [-0.4, -0.2) is 18.5 Å². The first-order valence-corrected chi connectivity index (χ1v) is 3.34. The molecule has 0 unspecified atom stereocenters. The van der Waals surface area contributed by atoms with Crippen LogP contribution < -0.4 is 0 Å². The van der Waals surface area contributed by atoms with Crippen LogP contribution in [0.5, 0.6) is 0 Å². The Morgan fingerprint density at radius 1 is 1.27 bits per heavy atom. The van der Waals surface area contributed by atoms with Gasteiger partial charge in [0.1, 0.15) is 0 Å². The Labute approximate surface area is 67.1 Å². The molecule has 0 aliphatic carbocycles. The van der Waals surface area contributed by atoms with Crippen molar-refractivity contribution in [3.05, 3.63) is 0 Å². The van der Waals surface area contributed by atoms with Gasteiger partial charge in [-0.15, -0.1) is 0 Å². The summed E-state index contributed by atoms with van der Waals surface area (Å²) < 4.78 is 62.9. The van der Waals surface area contributed by atoms with Crippen LogP contribution in [-0.2, 0) is 22.5 Å². The smallest absolute Gasteiger partial charge is 0.279 e. The summed E-state index contributed by atoms with van der Waals surface area (Å²) >= 11 is 3.33. The summed E-state index contributed by atoms with van der Waals surface area (Å²) in [5, 5.41) is 0. The van der Waals surface area contributed by atoms with Crippen molar-refractivity contribution < 1.29 is 26.1 Å². The zero-order valence-corrected chi connectivity index (χ0v) is 5.85. The maximum atomic E-state index is 10.7. The maximum absolute atomic E-state index is 10.7. The molecule has 9 heteroatoms. The van der Waals surface area contributed by atoms with Crippen LogP contribution in [0.3, 0.4) is 0 Å². The number of halogens is 3. The van der Waals surface area contributed by atoms with Gasteiger partial charge in [-0.25, -0.2) is 4.78 Å². The molecule has 0 rings (SSSR count). The molecule has 0 saturated carbocycles. The fourth-order valence-corrected chi connectivity index (χ4v) is 0. The Kier molecular flexibility index (Phi) is 8.31. The first kappa shape index (κ1) is 17.0. The van der Waals surface area contributed by atoms with E-state index in [1.807, 2.05) is 0 Å². The van der Waals surface area contributed by atoms with Gasteiger partial charge in [-0.2, -0.15) is 21.6 Å². The summed E-state index contributed by atoms with van der Waals surface area (Å²) in [6.45, 7) is 0. The summed E-state index contributed by atoms with van der Waals surface area (Å²) in [6.07, 6.45) is 0. The molecule has 70 valence electrons. The molecule has 0 amide bonds. The lowest BCUT2D eigenvalue weighted by Crippen LogP contribution is -2.21. The molecule has 0 fully saturated rings. The molecular weight excluding hydrogens is 207 g/mol. The molecule has 2 N–H and O–H groups in total. The van der Waals surface area contributed by atoms with Crippen molar-refractivity contribution in [1.82, 2.24) is 0 Å². The Bertz CT molecular complexity index is 185. The van der Waals surface area contributed by atoms with E-state index in [0.717, 1.165) is 0 Å². The predicted octanol–water partition coefficient (Wildman–Crippen LogP) is 1.33. The van der Waals surface area contributed by atoms with Crippen molar-refractivity contribution in [2.45, 2.75) is 12.9 Å². The number of hydrogen-bond acceptors (Lipinski definition) is 4. The summed E-state index contributed by atoms with van der Waals surface area (Å²) in [4.78, 5) is 0. The molecule has 0 aromatic carbocycles. The lowest BCUT2D eigenvalue weighted by atomic mass is 11.6. The van der Waals surface area contributed by atoms with Crippen molar-refractivity contribution in [3.63, 3.8) is 0 Å². The van der Waals surface area contributed by atoms with Crippen molar-refractivity contribution in [2.24, 2.45) is 0 Å². The Morgan fingerprint density at radius 2 is 1.36 bits per heavy atom. The van der Waals surface area contributed by atoms with Gasteiger partial charge in [0, 0.05) is 12.4 Å². The van der Waals surface area contributed by atoms with E-state index in [1.165, 1.54) is 0 Å². The highest BCUT2D eigenvalue weighted by atomic mass is 32.2. The van der Waals surface area contributed by atoms with E-state index in [-0.39, 0.29) is 7.43 Å². The van der Waals surface area contributed by atoms with Gasteiger partial charge in [0.15, 0.2) is 0 Å². The van der Waals surface area contributed by atoms with Gasteiger partial charge in [0.25, 0.3) is 0 Å². The number of rotatable bonds is 0. The van der Waals surface area contributed by atoms with E-state index in [9.17, 15) is 13.2 Å². The van der Waals surface area contributed by atoms with Crippen LogP contribution in [0.25, 0.3) is 0 Å². The third-order valence-electron chi connectivity index (χ3n) is 0.292. The molecule has 0 aliphatic rings. The van der Waals surface area contributed by atoms with Crippen LogP contribution in [0.15, 0.2) is 0 Å². The summed E-state index contributed by atoms with van der Waals surface area (Å²) in [5.41, 5.74) is -5.53. The fourth-order valence-electron chi connectivity index (χ4n) is 0. The number of hydrogen-bond donors (Lipinski definition) is 2. The van der Waals surface area contributed by atoms with E-state index in [0.29, 0.717) is 0 Å². The van der Waals surface area contributed by atoms with Crippen molar-refractivity contribution in [2.75, 3.05) is 0 Å². The van der Waals surface area contributed by atoms with Crippen LogP contribution >= 0.6 is 0 Å². The molecule has 0 aliphatic heterocycles. The van der Waals surface area contributed by atoms with Gasteiger partial charge in [-0.05, 0) is 0 Å². The summed E-state index contributed by atoms with van der Waals surface area (Å²) in [7, 11) is -5.84. The highest BCUT2D eigenvalue weighted by Gasteiger charge is 2.44. The SMILES string of the molecule is C.N=S.O=S(=O)(O)C(F)(F)F. The van der Waals surface area contributed by atoms with E-state index in [2.05, 4.69) is 12.4 Å². The third kappa shape index (κ3) is 7.62. The molecule has 0 spiro atoms. The van der Waals surface area contributed by atoms with Gasteiger partial charge in [-0.1, -0.05) is 7.43 Å². The van der Waals surface area contributed by atoms with Crippen LogP contribution in [0.2, 0.25) is 0 Å². The monoisotopic (exact) mass is 213 g/mol. The van der Waals surface area contributed by atoms with E-state index < -0.39 is 15.6 Å². The predicted molar refractivity (Wildman–Crippen MR) is 34.4 cm³/mol. The molecule has 4 nitrogen and oxygen atoms in total. The average molecular weight is 213 g/mol. The third-order valence-corrected chi connectivity index (χ3v) is 0.877. The molecule has 0 atom stereocenters. The molecule has 11 heavy (non-hydrogen) atoms. The highest BCUT2D eigenvalue weighted by Crippen LogP contribution is 2.20. The fraction of sp³-hybridized carbons (Fsp3) is 1.00. The number of alkyl halides is 3. The van der Waals surface area contributed by atoms with Crippen LogP contribution in [0.1, 0.15) is 7.43 Å². The topological polar surface area (TPSA) is 78.2 Å². The average Bonchev–Trinajstić information content (AvgIpc) is 1.66. The molecular formula is C2H6F3NO3S2. The molecule has 0 heterocycles. The molecule has 0 bridgehead atoms. The minimum Gasteiger partial charge on any atom is -0.279 e. The van der Waals surface area contributed by atoms with E-state index in [1.54, 1.807) is 0 Å². The van der Waals surface area contributed by atoms with Crippen molar-refractivity contribution >= 4 is 22.5 Å². The first-order valence-electron chi connectivity index (χ1n) is 1.49. The molecule has 0 aromatic rings. The quantitative estimate of drug-likeness (QED) is 0.470. The number of nitrogens with one attached hydrogen (secondary N) is 1. The Morgan fingerprint density at radius 3 is 1.36 bits per heavy atom. The van der Waals surface area contributed by atoms with E-state index >= 15 is 0 Å². The normalized spacial score (nSPS) is 10.5. The molecule has 0 aromatic heterocycles. The molecule has 0 saturated heterocycles. The first-order chi connectivity index (χ1) is 4.25. The zero-order chi connectivity index (χ0) is 9.00. The standard InChI is InChI=1S/CHF3O3S.CH4.HNS/c2-1(3,4)8(5,6)7;;1-2/h(H,5,6,7);1H4;1H. The highest BCUT2D eigenvalue weighted by molar-refractivity contribution is 7.86. The Balaban J connectivity index is -0.000000196. The summed E-state index contributed by atoms with van der Waals surface area (Å²) in [6, 6.07) is 0. The minimum absolute atomic E-state index is 0. The zero-order valence-electron chi connectivity index (χ0n) is 4.21. The van der Waals surface area contributed by atoms with Gasteiger partial charge in [-0.3, -0.25) is 4.55 Å². The van der Waals surface area contributed by atoms with Gasteiger partial charge < -0.3 is 0 Å². The second-order valence-corrected chi connectivity index (χ2v) is 2.33. The maximum Gasteiger partial charge on any atom is 0.522 e.